The van der Waals surface area contributed by atoms with E-state index in [1.165, 1.54) is 6.08 Å². The quantitative estimate of drug-likeness (QED) is 0.221. The number of rotatable bonds is 13. The van der Waals surface area contributed by atoms with Crippen molar-refractivity contribution in [1.29, 1.82) is 0 Å². The van der Waals surface area contributed by atoms with Gasteiger partial charge in [0.05, 0.1) is 13.2 Å². The van der Waals surface area contributed by atoms with Gasteiger partial charge >= 0.3 is 17.9 Å². The third-order valence-corrected chi connectivity index (χ3v) is 2.92. The number of hydrogen-bond donors (Lipinski definition) is 0. The van der Waals surface area contributed by atoms with Crippen molar-refractivity contribution >= 4 is 17.7 Å². The van der Waals surface area contributed by atoms with Gasteiger partial charge in [0.2, 0.25) is 5.78 Å². The summed E-state index contributed by atoms with van der Waals surface area (Å²) >= 11 is 0. The summed E-state index contributed by atoms with van der Waals surface area (Å²) in [5, 5.41) is 0. The van der Waals surface area contributed by atoms with Crippen LogP contribution in [0.25, 0.3) is 0 Å². The molecule has 0 radical (unpaired) electrons. The van der Waals surface area contributed by atoms with E-state index < -0.39 is 30.1 Å². The largest absolute Gasteiger partial charge is 0.461 e. The highest BCUT2D eigenvalue weighted by Gasteiger charge is 2.39. The van der Waals surface area contributed by atoms with Crippen molar-refractivity contribution in [3.8, 4) is 0 Å². The number of halogens is 2. The Hall–Kier alpha value is -2.05. The number of esters is 2. The van der Waals surface area contributed by atoms with Crippen LogP contribution in [-0.4, -0.2) is 36.9 Å². The Kier molecular flexibility index (Phi) is 11.3. The van der Waals surface area contributed by atoms with E-state index in [4.69, 9.17) is 0 Å². The summed E-state index contributed by atoms with van der Waals surface area (Å²) in [4.78, 5) is 33.5. The molecule has 0 spiro atoms. The molecule has 0 amide bonds. The first-order valence-electron chi connectivity index (χ1n) is 7.86. The number of unbranched alkanes of at least 4 members (excludes halogenated alkanes) is 1. The zero-order chi connectivity index (χ0) is 18.4. The van der Waals surface area contributed by atoms with Gasteiger partial charge in [-0.3, -0.25) is 4.79 Å². The average Bonchev–Trinajstić information content (AvgIpc) is 2.55. The molecule has 0 aliphatic carbocycles. The van der Waals surface area contributed by atoms with Gasteiger partial charge in [0.25, 0.3) is 0 Å². The third-order valence-electron chi connectivity index (χ3n) is 2.92. The molecule has 0 fully saturated rings. The van der Waals surface area contributed by atoms with Crippen LogP contribution in [0.2, 0.25) is 0 Å². The van der Waals surface area contributed by atoms with E-state index in [0.29, 0.717) is 19.3 Å². The lowest BCUT2D eigenvalue weighted by atomic mass is 10.2. The predicted molar refractivity (Wildman–Crippen MR) is 84.6 cm³/mol. The van der Waals surface area contributed by atoms with Crippen molar-refractivity contribution in [3.05, 3.63) is 24.8 Å². The molecule has 0 heterocycles. The van der Waals surface area contributed by atoms with Crippen LogP contribution < -0.4 is 0 Å². The first-order chi connectivity index (χ1) is 11.3. The molecule has 0 saturated carbocycles. The monoisotopic (exact) mass is 346 g/mol. The number of allylic oxidation sites excluding steroid dienone is 3. The molecule has 7 heteroatoms. The summed E-state index contributed by atoms with van der Waals surface area (Å²) in [6, 6.07) is 0. The molecule has 24 heavy (non-hydrogen) atoms. The second-order valence-electron chi connectivity index (χ2n) is 4.96. The van der Waals surface area contributed by atoms with Crippen LogP contribution in [-0.2, 0) is 23.9 Å². The standard InChI is InChI=1S/C17H24F2O5/c1-3-5-12-17(18,19)16(22)24-13-10-8-6-7-9-11-14(20)15(21)23-4-2/h3,6-7H,1,4-5,8-13H2,2H3/b7-6+. The number of carbonyl (C=O) groups is 3. The Balaban J connectivity index is 3.79. The topological polar surface area (TPSA) is 69.7 Å². The van der Waals surface area contributed by atoms with Gasteiger partial charge in [-0.2, -0.15) is 8.78 Å². The van der Waals surface area contributed by atoms with Crippen molar-refractivity contribution in [2.45, 2.75) is 51.4 Å². The van der Waals surface area contributed by atoms with Crippen LogP contribution in [0.3, 0.4) is 0 Å². The van der Waals surface area contributed by atoms with E-state index in [2.05, 4.69) is 16.1 Å². The van der Waals surface area contributed by atoms with E-state index in [0.717, 1.165) is 0 Å². The average molecular weight is 346 g/mol. The summed E-state index contributed by atoms with van der Waals surface area (Å²) in [6.45, 7) is 5.00. The van der Waals surface area contributed by atoms with E-state index >= 15 is 0 Å². The summed E-state index contributed by atoms with van der Waals surface area (Å²) in [5.41, 5.74) is 0. The van der Waals surface area contributed by atoms with Crippen LogP contribution in [0.15, 0.2) is 24.8 Å². The molecule has 5 nitrogen and oxygen atoms in total. The molecule has 0 N–H and O–H groups in total. The Morgan fingerprint density at radius 3 is 2.38 bits per heavy atom. The lowest BCUT2D eigenvalue weighted by Crippen LogP contribution is -2.30. The Bertz CT molecular complexity index is 458. The fraction of sp³-hybridized carbons (Fsp3) is 0.588. The van der Waals surface area contributed by atoms with E-state index in [9.17, 15) is 23.2 Å². The maximum absolute atomic E-state index is 13.3. The minimum absolute atomic E-state index is 0.0371. The molecule has 0 saturated heterocycles. The van der Waals surface area contributed by atoms with Crippen LogP contribution >= 0.6 is 0 Å². The molecule has 0 unspecified atom stereocenters. The summed E-state index contributed by atoms with van der Waals surface area (Å²) in [6.07, 6.45) is 5.54. The smallest absolute Gasteiger partial charge is 0.376 e. The van der Waals surface area contributed by atoms with Gasteiger partial charge in [-0.25, -0.2) is 9.59 Å². The molecular weight excluding hydrogens is 322 g/mol. The maximum Gasteiger partial charge on any atom is 0.376 e. The number of hydrogen-bond acceptors (Lipinski definition) is 5. The SMILES string of the molecule is C=CCCC(F)(F)C(=O)OCCC/C=C/CCC(=O)C(=O)OCC. The highest BCUT2D eigenvalue weighted by Crippen LogP contribution is 2.22. The van der Waals surface area contributed by atoms with Gasteiger partial charge in [-0.1, -0.05) is 18.2 Å². The van der Waals surface area contributed by atoms with Crippen molar-refractivity contribution in [1.82, 2.24) is 0 Å². The summed E-state index contributed by atoms with van der Waals surface area (Å²) < 4.78 is 35.6. The van der Waals surface area contributed by atoms with E-state index in [1.807, 2.05) is 0 Å². The molecular formula is C17H24F2O5. The van der Waals surface area contributed by atoms with Crippen LogP contribution in [0.1, 0.15) is 45.4 Å². The molecule has 0 aromatic heterocycles. The molecule has 0 atom stereocenters. The molecule has 0 aromatic carbocycles. The zero-order valence-electron chi connectivity index (χ0n) is 13.9. The molecule has 0 rings (SSSR count). The Morgan fingerprint density at radius 1 is 1.08 bits per heavy atom. The predicted octanol–water partition coefficient (Wildman–Crippen LogP) is 3.38. The van der Waals surface area contributed by atoms with Gasteiger partial charge in [0.15, 0.2) is 0 Å². The van der Waals surface area contributed by atoms with Crippen molar-refractivity contribution in [2.75, 3.05) is 13.2 Å². The van der Waals surface area contributed by atoms with Gasteiger partial charge in [0, 0.05) is 12.8 Å². The Labute approximate surface area is 140 Å². The van der Waals surface area contributed by atoms with Gasteiger partial charge < -0.3 is 9.47 Å². The summed E-state index contributed by atoms with van der Waals surface area (Å²) in [5.74, 6) is -6.43. The number of alkyl halides is 2. The first-order valence-corrected chi connectivity index (χ1v) is 7.86. The number of ketones is 1. The van der Waals surface area contributed by atoms with E-state index in [1.54, 1.807) is 19.1 Å². The second kappa shape index (κ2) is 12.4. The molecule has 0 aliphatic heterocycles. The summed E-state index contributed by atoms with van der Waals surface area (Å²) in [7, 11) is 0. The van der Waals surface area contributed by atoms with E-state index in [-0.39, 0.29) is 26.1 Å². The van der Waals surface area contributed by atoms with Crippen LogP contribution in [0.5, 0.6) is 0 Å². The van der Waals surface area contributed by atoms with Crippen molar-refractivity contribution in [3.63, 3.8) is 0 Å². The van der Waals surface area contributed by atoms with Gasteiger partial charge in [-0.05, 0) is 32.6 Å². The third kappa shape index (κ3) is 9.86. The fourth-order valence-corrected chi connectivity index (χ4v) is 1.62. The number of ether oxygens (including phenoxy) is 2. The zero-order valence-corrected chi connectivity index (χ0v) is 13.9. The van der Waals surface area contributed by atoms with Crippen molar-refractivity contribution < 1.29 is 32.6 Å². The number of Topliss-reactive ketones (excluding diaryl/α,β-unsaturated/α-hetero) is 1. The molecule has 0 aromatic rings. The maximum atomic E-state index is 13.3. The molecule has 0 bridgehead atoms. The highest BCUT2D eigenvalue weighted by molar-refractivity contribution is 6.33. The van der Waals surface area contributed by atoms with Crippen molar-refractivity contribution in [2.24, 2.45) is 0 Å². The first kappa shape index (κ1) is 21.9. The van der Waals surface area contributed by atoms with Gasteiger partial charge in [0.1, 0.15) is 0 Å². The minimum Gasteiger partial charge on any atom is -0.461 e. The number of carbonyl (C=O) groups excluding carboxylic acids is 3. The second-order valence-corrected chi connectivity index (χ2v) is 4.96. The highest BCUT2D eigenvalue weighted by atomic mass is 19.3. The normalized spacial score (nSPS) is 11.3. The fourth-order valence-electron chi connectivity index (χ4n) is 1.62. The lowest BCUT2D eigenvalue weighted by molar-refractivity contribution is -0.172. The van der Waals surface area contributed by atoms with Gasteiger partial charge in [-0.15, -0.1) is 6.58 Å². The van der Waals surface area contributed by atoms with Crippen LogP contribution in [0.4, 0.5) is 8.78 Å². The molecule has 136 valence electrons. The minimum atomic E-state index is -3.49. The Morgan fingerprint density at radius 2 is 1.75 bits per heavy atom. The molecule has 0 aliphatic rings. The lowest BCUT2D eigenvalue weighted by Gasteiger charge is -2.13. The van der Waals surface area contributed by atoms with Crippen LogP contribution in [0, 0.1) is 0 Å².